The summed E-state index contributed by atoms with van der Waals surface area (Å²) in [5.41, 5.74) is 3.48. The number of nitrogens with zero attached hydrogens (tertiary/aromatic N) is 2. The Morgan fingerprint density at radius 2 is 1.97 bits per heavy atom. The molecule has 0 saturated carbocycles. The zero-order valence-electron chi connectivity index (χ0n) is 18.6. The largest absolute Gasteiger partial charge is 0.419 e. The predicted octanol–water partition coefficient (Wildman–Crippen LogP) is 4.34. The van der Waals surface area contributed by atoms with Crippen LogP contribution in [0.25, 0.3) is 11.1 Å². The van der Waals surface area contributed by atoms with Gasteiger partial charge in [-0.3, -0.25) is 14.2 Å². The number of amides is 2. The van der Waals surface area contributed by atoms with Crippen molar-refractivity contribution in [3.05, 3.63) is 64.1 Å². The highest BCUT2D eigenvalue weighted by Gasteiger charge is 2.24. The number of carbonyl (C=O) groups excluding carboxylic acids is 2. The minimum absolute atomic E-state index is 0.0518. The highest BCUT2D eigenvalue weighted by atomic mass is 16.4. The molecule has 7 heteroatoms. The fourth-order valence-electron chi connectivity index (χ4n) is 4.34. The summed E-state index contributed by atoms with van der Waals surface area (Å²) < 4.78 is 6.78. The number of hydrogen-bond donors (Lipinski definition) is 1. The number of piperidine rings is 1. The van der Waals surface area contributed by atoms with Gasteiger partial charge < -0.3 is 14.6 Å². The summed E-state index contributed by atoms with van der Waals surface area (Å²) in [6.45, 7) is 5.19. The van der Waals surface area contributed by atoms with Crippen molar-refractivity contribution >= 4 is 28.6 Å². The van der Waals surface area contributed by atoms with E-state index in [1.54, 1.807) is 22.8 Å². The fraction of sp³-hybridized carbons (Fsp3) is 0.400. The van der Waals surface area contributed by atoms with Crippen LogP contribution >= 0.6 is 0 Å². The van der Waals surface area contributed by atoms with Gasteiger partial charge in [-0.15, -0.1) is 0 Å². The molecule has 3 aromatic rings. The van der Waals surface area contributed by atoms with Crippen LogP contribution in [-0.4, -0.2) is 33.9 Å². The number of oxazole rings is 1. The molecule has 168 valence electrons. The molecule has 1 N–H and O–H groups in total. The molecule has 32 heavy (non-hydrogen) atoms. The number of benzene rings is 2. The number of fused-ring (bicyclic) bond motifs is 1. The Balaban J connectivity index is 1.34. The van der Waals surface area contributed by atoms with Gasteiger partial charge in [0.1, 0.15) is 0 Å². The molecule has 0 bridgehead atoms. The molecule has 1 saturated heterocycles. The quantitative estimate of drug-likeness (QED) is 0.624. The van der Waals surface area contributed by atoms with Crippen LogP contribution in [0.1, 0.15) is 54.9 Å². The van der Waals surface area contributed by atoms with E-state index in [1.807, 2.05) is 36.1 Å². The van der Waals surface area contributed by atoms with Gasteiger partial charge in [0.05, 0.1) is 5.52 Å². The third-order valence-corrected chi connectivity index (χ3v) is 6.17. The first-order valence-electron chi connectivity index (χ1n) is 11.2. The highest BCUT2D eigenvalue weighted by Crippen LogP contribution is 2.22. The first-order valence-corrected chi connectivity index (χ1v) is 11.2. The zero-order valence-corrected chi connectivity index (χ0v) is 18.6. The van der Waals surface area contributed by atoms with Gasteiger partial charge in [-0.1, -0.05) is 12.1 Å². The topological polar surface area (TPSA) is 84.5 Å². The van der Waals surface area contributed by atoms with Gasteiger partial charge in [0.25, 0.3) is 5.91 Å². The molecule has 1 aliphatic rings. The Morgan fingerprint density at radius 3 is 2.75 bits per heavy atom. The van der Waals surface area contributed by atoms with E-state index < -0.39 is 5.76 Å². The number of hydrogen-bond acceptors (Lipinski definition) is 4. The third kappa shape index (κ3) is 4.61. The molecule has 2 amide bonds. The number of likely N-dealkylation sites (tertiary alicyclic amines) is 1. The average molecular weight is 436 g/mol. The van der Waals surface area contributed by atoms with Crippen LogP contribution in [0.4, 0.5) is 5.69 Å². The third-order valence-electron chi connectivity index (χ3n) is 6.17. The first kappa shape index (κ1) is 21.9. The standard InChI is InChI=1S/C25H29N3O4/c1-17-16-19(24(30)27-14-6-5-8-18(27)2)12-13-20(17)26-23(29)11-7-15-28-21-9-3-4-10-22(21)32-25(28)31/h3-4,9-10,12-13,16,18H,5-8,11,14-15H2,1-2H3,(H,26,29). The summed E-state index contributed by atoms with van der Waals surface area (Å²) in [6, 6.07) is 12.9. The summed E-state index contributed by atoms with van der Waals surface area (Å²) in [6.07, 6.45) is 4.04. The first-order chi connectivity index (χ1) is 15.4. The number of carbonyl (C=O) groups is 2. The Hall–Kier alpha value is -3.35. The van der Waals surface area contributed by atoms with Crippen LogP contribution in [0.3, 0.4) is 0 Å². The second-order valence-electron chi connectivity index (χ2n) is 8.51. The second-order valence-corrected chi connectivity index (χ2v) is 8.51. The number of nitrogens with one attached hydrogen (secondary N) is 1. The number of rotatable bonds is 6. The van der Waals surface area contributed by atoms with Crippen LogP contribution in [-0.2, 0) is 11.3 Å². The lowest BCUT2D eigenvalue weighted by atomic mass is 10.0. The molecule has 2 heterocycles. The van der Waals surface area contributed by atoms with E-state index in [2.05, 4.69) is 12.2 Å². The van der Waals surface area contributed by atoms with Crippen molar-refractivity contribution in [2.75, 3.05) is 11.9 Å². The molecule has 1 aliphatic heterocycles. The van der Waals surface area contributed by atoms with Crippen molar-refractivity contribution in [3.63, 3.8) is 0 Å². The van der Waals surface area contributed by atoms with E-state index in [4.69, 9.17) is 4.42 Å². The summed E-state index contributed by atoms with van der Waals surface area (Å²) in [5, 5.41) is 2.92. The van der Waals surface area contributed by atoms with Crippen molar-refractivity contribution < 1.29 is 14.0 Å². The molecular formula is C25H29N3O4. The van der Waals surface area contributed by atoms with Crippen LogP contribution < -0.4 is 11.1 Å². The Labute approximate surface area is 187 Å². The van der Waals surface area contributed by atoms with Crippen molar-refractivity contribution in [2.24, 2.45) is 0 Å². The highest BCUT2D eigenvalue weighted by molar-refractivity contribution is 5.96. The monoisotopic (exact) mass is 435 g/mol. The SMILES string of the molecule is Cc1cc(C(=O)N2CCCCC2C)ccc1NC(=O)CCCn1c(=O)oc2ccccc21. The molecule has 1 atom stereocenters. The summed E-state index contributed by atoms with van der Waals surface area (Å²) in [5.74, 6) is -0.487. The maximum absolute atomic E-state index is 12.9. The van der Waals surface area contributed by atoms with E-state index >= 15 is 0 Å². The van der Waals surface area contributed by atoms with E-state index in [9.17, 15) is 14.4 Å². The van der Waals surface area contributed by atoms with E-state index in [0.717, 1.165) is 30.5 Å². The van der Waals surface area contributed by atoms with Crippen molar-refractivity contribution in [3.8, 4) is 0 Å². The maximum Gasteiger partial charge on any atom is 0.419 e. The molecule has 2 aromatic carbocycles. The Morgan fingerprint density at radius 1 is 1.16 bits per heavy atom. The van der Waals surface area contributed by atoms with Crippen LogP contribution in [0, 0.1) is 6.92 Å². The van der Waals surface area contributed by atoms with E-state index in [1.165, 1.54) is 6.42 Å². The van der Waals surface area contributed by atoms with Crippen LogP contribution in [0.2, 0.25) is 0 Å². The summed E-state index contributed by atoms with van der Waals surface area (Å²) in [4.78, 5) is 39.3. The number of anilines is 1. The van der Waals surface area contributed by atoms with Gasteiger partial charge in [-0.25, -0.2) is 4.79 Å². The average Bonchev–Trinajstić information content (AvgIpc) is 3.10. The fourth-order valence-corrected chi connectivity index (χ4v) is 4.34. The molecule has 7 nitrogen and oxygen atoms in total. The normalized spacial score (nSPS) is 16.3. The summed E-state index contributed by atoms with van der Waals surface area (Å²) >= 11 is 0. The molecule has 0 aliphatic carbocycles. The lowest BCUT2D eigenvalue weighted by Gasteiger charge is -2.33. The zero-order chi connectivity index (χ0) is 22.7. The van der Waals surface area contributed by atoms with E-state index in [-0.39, 0.29) is 24.3 Å². The predicted molar refractivity (Wildman–Crippen MR) is 124 cm³/mol. The minimum Gasteiger partial charge on any atom is -0.408 e. The minimum atomic E-state index is -0.411. The lowest BCUT2D eigenvalue weighted by molar-refractivity contribution is -0.116. The Bertz CT molecular complexity index is 1190. The van der Waals surface area contributed by atoms with Gasteiger partial charge in [-0.05, 0) is 75.4 Å². The molecule has 4 rings (SSSR count). The maximum atomic E-state index is 12.9. The van der Waals surface area contributed by atoms with Gasteiger partial charge >= 0.3 is 5.76 Å². The van der Waals surface area contributed by atoms with Gasteiger partial charge in [0, 0.05) is 36.8 Å². The van der Waals surface area contributed by atoms with Crippen LogP contribution in [0.15, 0.2) is 51.7 Å². The van der Waals surface area contributed by atoms with Gasteiger partial charge in [0.15, 0.2) is 5.58 Å². The van der Waals surface area contributed by atoms with Crippen molar-refractivity contribution in [1.29, 1.82) is 0 Å². The molecule has 0 spiro atoms. The smallest absolute Gasteiger partial charge is 0.408 e. The molecule has 1 aromatic heterocycles. The van der Waals surface area contributed by atoms with Crippen molar-refractivity contribution in [1.82, 2.24) is 9.47 Å². The van der Waals surface area contributed by atoms with Crippen LogP contribution in [0.5, 0.6) is 0 Å². The molecular weight excluding hydrogens is 406 g/mol. The number of aromatic nitrogens is 1. The summed E-state index contributed by atoms with van der Waals surface area (Å²) in [7, 11) is 0. The molecule has 1 fully saturated rings. The molecule has 1 unspecified atom stereocenters. The van der Waals surface area contributed by atoms with Gasteiger partial charge in [0.2, 0.25) is 5.91 Å². The Kier molecular flexibility index (Phi) is 6.44. The number of para-hydroxylation sites is 2. The second kappa shape index (κ2) is 9.42. The molecule has 0 radical (unpaired) electrons. The lowest BCUT2D eigenvalue weighted by Crippen LogP contribution is -2.42. The van der Waals surface area contributed by atoms with Crippen molar-refractivity contribution in [2.45, 2.75) is 58.5 Å². The van der Waals surface area contributed by atoms with E-state index in [0.29, 0.717) is 29.8 Å². The number of aryl methyl sites for hydroxylation is 2. The van der Waals surface area contributed by atoms with Gasteiger partial charge in [-0.2, -0.15) is 0 Å².